The lowest BCUT2D eigenvalue weighted by Crippen LogP contribution is -2.15. The standard InChI is InChI=1S/C9H10N2O2/c12-9(7-2-4-13-5-7)8-1-3-10-6-11-8/h1,3,6-7H,2,4-5H2. The lowest BCUT2D eigenvalue weighted by atomic mass is 10.0. The van der Waals surface area contributed by atoms with Crippen LogP contribution in [0.1, 0.15) is 16.9 Å². The van der Waals surface area contributed by atoms with Crippen LogP contribution in [0.15, 0.2) is 18.6 Å². The highest BCUT2D eigenvalue weighted by Gasteiger charge is 2.25. The zero-order chi connectivity index (χ0) is 9.10. The summed E-state index contributed by atoms with van der Waals surface area (Å²) in [6, 6.07) is 1.64. The third-order valence-electron chi connectivity index (χ3n) is 2.13. The van der Waals surface area contributed by atoms with Gasteiger partial charge in [-0.25, -0.2) is 9.97 Å². The molecule has 0 radical (unpaired) electrons. The average molecular weight is 178 g/mol. The van der Waals surface area contributed by atoms with Crippen molar-refractivity contribution in [2.75, 3.05) is 13.2 Å². The van der Waals surface area contributed by atoms with Gasteiger partial charge in [-0.15, -0.1) is 0 Å². The molecule has 1 fully saturated rings. The molecule has 0 bridgehead atoms. The first-order valence-electron chi connectivity index (χ1n) is 4.26. The van der Waals surface area contributed by atoms with Gasteiger partial charge in [-0.05, 0) is 12.5 Å². The number of carbonyl (C=O) groups excluding carboxylic acids is 1. The third-order valence-corrected chi connectivity index (χ3v) is 2.13. The summed E-state index contributed by atoms with van der Waals surface area (Å²) in [5.74, 6) is 0.0646. The largest absolute Gasteiger partial charge is 0.381 e. The zero-order valence-corrected chi connectivity index (χ0v) is 7.14. The van der Waals surface area contributed by atoms with Gasteiger partial charge in [-0.1, -0.05) is 0 Å². The van der Waals surface area contributed by atoms with Crippen molar-refractivity contribution < 1.29 is 9.53 Å². The molecule has 1 aliphatic heterocycles. The van der Waals surface area contributed by atoms with Crippen molar-refractivity contribution >= 4 is 5.78 Å². The predicted octanol–water partition coefficient (Wildman–Crippen LogP) is 0.696. The number of rotatable bonds is 2. The second-order valence-electron chi connectivity index (χ2n) is 3.02. The molecule has 2 heterocycles. The van der Waals surface area contributed by atoms with E-state index in [0.717, 1.165) is 6.42 Å². The van der Waals surface area contributed by atoms with Crippen LogP contribution in [0.2, 0.25) is 0 Å². The molecule has 1 unspecified atom stereocenters. The fraction of sp³-hybridized carbons (Fsp3) is 0.444. The molecule has 1 saturated heterocycles. The molecular formula is C9H10N2O2. The second kappa shape index (κ2) is 3.62. The Balaban J connectivity index is 2.13. The van der Waals surface area contributed by atoms with Crippen LogP contribution < -0.4 is 0 Å². The van der Waals surface area contributed by atoms with Crippen LogP contribution in [0.25, 0.3) is 0 Å². The maximum atomic E-state index is 11.7. The van der Waals surface area contributed by atoms with E-state index in [1.807, 2.05) is 0 Å². The Kier molecular flexibility index (Phi) is 2.31. The van der Waals surface area contributed by atoms with Crippen LogP contribution in [0.5, 0.6) is 0 Å². The van der Waals surface area contributed by atoms with E-state index in [0.29, 0.717) is 18.9 Å². The summed E-state index contributed by atoms with van der Waals surface area (Å²) < 4.78 is 5.14. The summed E-state index contributed by atoms with van der Waals surface area (Å²) in [5, 5.41) is 0. The van der Waals surface area contributed by atoms with E-state index in [9.17, 15) is 4.79 Å². The second-order valence-corrected chi connectivity index (χ2v) is 3.02. The molecule has 1 atom stereocenters. The number of hydrogen-bond donors (Lipinski definition) is 0. The first kappa shape index (κ1) is 8.31. The number of aromatic nitrogens is 2. The summed E-state index contributed by atoms with van der Waals surface area (Å²) in [7, 11) is 0. The van der Waals surface area contributed by atoms with Crippen molar-refractivity contribution in [1.82, 2.24) is 9.97 Å². The molecule has 13 heavy (non-hydrogen) atoms. The van der Waals surface area contributed by atoms with Gasteiger partial charge in [-0.2, -0.15) is 0 Å². The van der Waals surface area contributed by atoms with E-state index >= 15 is 0 Å². The van der Waals surface area contributed by atoms with Gasteiger partial charge < -0.3 is 4.74 Å². The summed E-state index contributed by atoms with van der Waals surface area (Å²) in [6.45, 7) is 1.21. The van der Waals surface area contributed by atoms with Crippen LogP contribution in [-0.2, 0) is 4.74 Å². The molecule has 0 N–H and O–H groups in total. The van der Waals surface area contributed by atoms with Crippen molar-refractivity contribution in [3.05, 3.63) is 24.3 Å². The molecule has 0 saturated carbocycles. The van der Waals surface area contributed by atoms with E-state index in [1.54, 1.807) is 12.3 Å². The molecule has 1 aromatic rings. The van der Waals surface area contributed by atoms with Crippen molar-refractivity contribution in [3.63, 3.8) is 0 Å². The highest BCUT2D eigenvalue weighted by molar-refractivity contribution is 5.96. The van der Waals surface area contributed by atoms with Gasteiger partial charge in [0.25, 0.3) is 0 Å². The normalized spacial score (nSPS) is 21.7. The maximum Gasteiger partial charge on any atom is 0.186 e. The lowest BCUT2D eigenvalue weighted by Gasteiger charge is -2.03. The van der Waals surface area contributed by atoms with Gasteiger partial charge in [0.1, 0.15) is 12.0 Å². The monoisotopic (exact) mass is 178 g/mol. The SMILES string of the molecule is O=C(c1ccncn1)C1CCOC1. The highest BCUT2D eigenvalue weighted by Crippen LogP contribution is 2.16. The van der Waals surface area contributed by atoms with Crippen LogP contribution >= 0.6 is 0 Å². The molecule has 0 aliphatic carbocycles. The molecule has 0 amide bonds. The number of carbonyl (C=O) groups is 1. The van der Waals surface area contributed by atoms with Gasteiger partial charge in [0.15, 0.2) is 5.78 Å². The predicted molar refractivity (Wildman–Crippen MR) is 45.3 cm³/mol. The zero-order valence-electron chi connectivity index (χ0n) is 7.14. The Labute approximate surface area is 76.0 Å². The first-order valence-corrected chi connectivity index (χ1v) is 4.26. The molecule has 4 heteroatoms. The van der Waals surface area contributed by atoms with E-state index in [-0.39, 0.29) is 11.7 Å². The summed E-state index contributed by atoms with van der Waals surface area (Å²) in [5.41, 5.74) is 0.491. The van der Waals surface area contributed by atoms with E-state index in [4.69, 9.17) is 4.74 Å². The number of Topliss-reactive ketones (excluding diaryl/α,β-unsaturated/α-hetero) is 1. The summed E-state index contributed by atoms with van der Waals surface area (Å²) in [6.07, 6.45) is 3.78. The maximum absolute atomic E-state index is 11.7. The summed E-state index contributed by atoms with van der Waals surface area (Å²) >= 11 is 0. The van der Waals surface area contributed by atoms with Crippen LogP contribution in [0, 0.1) is 5.92 Å². The molecule has 0 aromatic carbocycles. The number of hydrogen-bond acceptors (Lipinski definition) is 4. The minimum absolute atomic E-state index is 0.00472. The van der Waals surface area contributed by atoms with Crippen molar-refractivity contribution in [1.29, 1.82) is 0 Å². The lowest BCUT2D eigenvalue weighted by molar-refractivity contribution is 0.0895. The molecule has 2 rings (SSSR count). The van der Waals surface area contributed by atoms with Gasteiger partial charge in [0.2, 0.25) is 0 Å². The fourth-order valence-electron chi connectivity index (χ4n) is 1.39. The molecule has 1 aromatic heterocycles. The van der Waals surface area contributed by atoms with Gasteiger partial charge >= 0.3 is 0 Å². The quantitative estimate of drug-likeness (QED) is 0.625. The Morgan fingerprint density at radius 1 is 1.62 bits per heavy atom. The van der Waals surface area contributed by atoms with Gasteiger partial charge in [0, 0.05) is 18.7 Å². The van der Waals surface area contributed by atoms with Crippen molar-refractivity contribution in [3.8, 4) is 0 Å². The van der Waals surface area contributed by atoms with E-state index in [2.05, 4.69) is 9.97 Å². The van der Waals surface area contributed by atoms with E-state index < -0.39 is 0 Å². The van der Waals surface area contributed by atoms with Crippen molar-refractivity contribution in [2.24, 2.45) is 5.92 Å². The third kappa shape index (κ3) is 1.72. The smallest absolute Gasteiger partial charge is 0.186 e. The molecule has 68 valence electrons. The van der Waals surface area contributed by atoms with Crippen LogP contribution in [-0.4, -0.2) is 29.0 Å². The molecule has 0 spiro atoms. The minimum Gasteiger partial charge on any atom is -0.381 e. The number of nitrogens with zero attached hydrogens (tertiary/aromatic N) is 2. The highest BCUT2D eigenvalue weighted by atomic mass is 16.5. The number of ether oxygens (including phenoxy) is 1. The Bertz CT molecular complexity index is 294. The van der Waals surface area contributed by atoms with Crippen LogP contribution in [0.4, 0.5) is 0 Å². The fourth-order valence-corrected chi connectivity index (χ4v) is 1.39. The van der Waals surface area contributed by atoms with Gasteiger partial charge in [-0.3, -0.25) is 4.79 Å². The van der Waals surface area contributed by atoms with Crippen LogP contribution in [0.3, 0.4) is 0 Å². The Hall–Kier alpha value is -1.29. The van der Waals surface area contributed by atoms with E-state index in [1.165, 1.54) is 6.33 Å². The summed E-state index contributed by atoms with van der Waals surface area (Å²) in [4.78, 5) is 19.3. The molecular weight excluding hydrogens is 168 g/mol. The average Bonchev–Trinajstić information content (AvgIpc) is 2.71. The minimum atomic E-state index is -0.00472. The number of ketones is 1. The Morgan fingerprint density at radius 2 is 2.54 bits per heavy atom. The first-order chi connectivity index (χ1) is 6.38. The topological polar surface area (TPSA) is 52.1 Å². The molecule has 1 aliphatic rings. The molecule has 4 nitrogen and oxygen atoms in total. The van der Waals surface area contributed by atoms with Gasteiger partial charge in [0.05, 0.1) is 6.61 Å². The Morgan fingerprint density at radius 3 is 3.15 bits per heavy atom. The van der Waals surface area contributed by atoms with Crippen molar-refractivity contribution in [2.45, 2.75) is 6.42 Å².